The van der Waals surface area contributed by atoms with Crippen LogP contribution in [-0.2, 0) is 22.0 Å². The molecule has 0 fully saturated rings. The lowest BCUT2D eigenvalue weighted by atomic mass is 9.78. The van der Waals surface area contributed by atoms with Crippen molar-refractivity contribution in [2.75, 3.05) is 7.11 Å². The average molecular weight is 307 g/mol. The summed E-state index contributed by atoms with van der Waals surface area (Å²) in [5.41, 5.74) is 8.69. The first-order valence-corrected chi connectivity index (χ1v) is 7.58. The molecular formula is C18H29NO3. The van der Waals surface area contributed by atoms with Crippen LogP contribution in [0.2, 0.25) is 0 Å². The first-order valence-electron chi connectivity index (χ1n) is 7.58. The maximum Gasteiger partial charge on any atom is 0.320 e. The summed E-state index contributed by atoms with van der Waals surface area (Å²) in [6, 6.07) is 3.25. The van der Waals surface area contributed by atoms with Crippen LogP contribution in [0, 0.1) is 0 Å². The van der Waals surface area contributed by atoms with E-state index in [1.807, 2.05) is 6.07 Å². The van der Waals surface area contributed by atoms with Crippen molar-refractivity contribution in [3.63, 3.8) is 0 Å². The Labute approximate surface area is 133 Å². The Bertz CT molecular complexity index is 551. The second-order valence-corrected chi connectivity index (χ2v) is 7.87. The summed E-state index contributed by atoms with van der Waals surface area (Å²) < 4.78 is 5.60. The van der Waals surface area contributed by atoms with Gasteiger partial charge in [0.1, 0.15) is 11.8 Å². The number of carboxylic acid groups (broad SMARTS) is 1. The molecule has 0 amide bonds. The van der Waals surface area contributed by atoms with Gasteiger partial charge in [-0.05, 0) is 22.0 Å². The van der Waals surface area contributed by atoms with Crippen molar-refractivity contribution in [3.05, 3.63) is 28.8 Å². The molecule has 4 nitrogen and oxygen atoms in total. The molecule has 1 aromatic carbocycles. The average Bonchev–Trinajstić information content (AvgIpc) is 2.35. The standard InChI is InChI=1S/C18H29NO3/c1-17(2,3)12-8-11(9-14(19)16(20)21)15(22-7)13(10-12)18(4,5)6/h8,10,14H,9,19H2,1-7H3,(H,20,21). The fourth-order valence-corrected chi connectivity index (χ4v) is 2.40. The number of hydrogen-bond donors (Lipinski definition) is 2. The third kappa shape index (κ3) is 4.23. The maximum atomic E-state index is 11.1. The predicted molar refractivity (Wildman–Crippen MR) is 89.7 cm³/mol. The molecule has 0 aliphatic carbocycles. The zero-order valence-corrected chi connectivity index (χ0v) is 14.8. The molecule has 1 aromatic rings. The topological polar surface area (TPSA) is 72.5 Å². The van der Waals surface area contributed by atoms with Gasteiger partial charge >= 0.3 is 5.97 Å². The van der Waals surface area contributed by atoms with Crippen molar-refractivity contribution >= 4 is 5.97 Å². The largest absolute Gasteiger partial charge is 0.496 e. The van der Waals surface area contributed by atoms with Crippen molar-refractivity contribution in [1.82, 2.24) is 0 Å². The van der Waals surface area contributed by atoms with Crippen molar-refractivity contribution in [2.24, 2.45) is 5.73 Å². The van der Waals surface area contributed by atoms with E-state index < -0.39 is 12.0 Å². The Hall–Kier alpha value is -1.55. The molecule has 0 bridgehead atoms. The minimum absolute atomic E-state index is 0.0334. The van der Waals surface area contributed by atoms with Gasteiger partial charge < -0.3 is 15.6 Å². The molecule has 0 saturated heterocycles. The zero-order chi connectivity index (χ0) is 17.3. The van der Waals surface area contributed by atoms with Crippen LogP contribution in [-0.4, -0.2) is 24.2 Å². The minimum Gasteiger partial charge on any atom is -0.496 e. The fraction of sp³-hybridized carbons (Fsp3) is 0.611. The van der Waals surface area contributed by atoms with Crippen molar-refractivity contribution < 1.29 is 14.6 Å². The maximum absolute atomic E-state index is 11.1. The van der Waals surface area contributed by atoms with Gasteiger partial charge in [-0.2, -0.15) is 0 Å². The molecule has 0 radical (unpaired) electrons. The lowest BCUT2D eigenvalue weighted by Crippen LogP contribution is -2.32. The zero-order valence-electron chi connectivity index (χ0n) is 14.8. The van der Waals surface area contributed by atoms with E-state index in [1.165, 1.54) is 0 Å². The first kappa shape index (κ1) is 18.5. The van der Waals surface area contributed by atoms with E-state index in [4.69, 9.17) is 15.6 Å². The summed E-state index contributed by atoms with van der Waals surface area (Å²) in [7, 11) is 1.62. The van der Waals surface area contributed by atoms with Crippen LogP contribution in [0.3, 0.4) is 0 Å². The number of aliphatic carboxylic acids is 1. The molecule has 3 N–H and O–H groups in total. The molecule has 1 rings (SSSR count). The van der Waals surface area contributed by atoms with Crippen LogP contribution >= 0.6 is 0 Å². The summed E-state index contributed by atoms with van der Waals surface area (Å²) in [5.74, 6) is -0.252. The van der Waals surface area contributed by atoms with Crippen molar-refractivity contribution in [2.45, 2.75) is 64.8 Å². The Kier molecular flexibility index (Phi) is 5.29. The summed E-state index contributed by atoms with van der Waals surface area (Å²) >= 11 is 0. The number of ether oxygens (including phenoxy) is 1. The number of rotatable bonds is 4. The van der Waals surface area contributed by atoms with Gasteiger partial charge in [0.15, 0.2) is 0 Å². The van der Waals surface area contributed by atoms with Gasteiger partial charge in [-0.1, -0.05) is 53.7 Å². The molecule has 0 aromatic heterocycles. The van der Waals surface area contributed by atoms with Crippen LogP contribution in [0.4, 0.5) is 0 Å². The van der Waals surface area contributed by atoms with Crippen LogP contribution in [0.15, 0.2) is 12.1 Å². The minimum atomic E-state index is -1.000. The third-order valence-corrected chi connectivity index (χ3v) is 3.80. The van der Waals surface area contributed by atoms with Gasteiger partial charge in [0.2, 0.25) is 0 Å². The molecule has 0 spiro atoms. The number of carboxylic acids is 1. The molecule has 0 aliphatic rings. The second-order valence-electron chi connectivity index (χ2n) is 7.87. The Morgan fingerprint density at radius 1 is 1.18 bits per heavy atom. The lowest BCUT2D eigenvalue weighted by Gasteiger charge is -2.29. The SMILES string of the molecule is COc1c(CC(N)C(=O)O)cc(C(C)(C)C)cc1C(C)(C)C. The molecule has 4 heteroatoms. The number of carbonyl (C=O) groups is 1. The monoisotopic (exact) mass is 307 g/mol. The van der Waals surface area contributed by atoms with Gasteiger partial charge in [0.05, 0.1) is 7.11 Å². The van der Waals surface area contributed by atoms with E-state index in [9.17, 15) is 4.79 Å². The quantitative estimate of drug-likeness (QED) is 0.895. The van der Waals surface area contributed by atoms with Crippen LogP contribution < -0.4 is 10.5 Å². The summed E-state index contributed by atoms with van der Waals surface area (Å²) in [4.78, 5) is 11.1. The number of benzene rings is 1. The molecule has 0 saturated carbocycles. The van der Waals surface area contributed by atoms with E-state index in [-0.39, 0.29) is 17.3 Å². The number of methoxy groups -OCH3 is 1. The highest BCUT2D eigenvalue weighted by Gasteiger charge is 2.27. The van der Waals surface area contributed by atoms with Gasteiger partial charge in [-0.15, -0.1) is 0 Å². The molecule has 1 unspecified atom stereocenters. The highest BCUT2D eigenvalue weighted by atomic mass is 16.5. The third-order valence-electron chi connectivity index (χ3n) is 3.80. The van der Waals surface area contributed by atoms with Gasteiger partial charge in [0.25, 0.3) is 0 Å². The van der Waals surface area contributed by atoms with E-state index in [0.29, 0.717) is 0 Å². The fourth-order valence-electron chi connectivity index (χ4n) is 2.40. The Morgan fingerprint density at radius 2 is 1.73 bits per heavy atom. The Morgan fingerprint density at radius 3 is 2.09 bits per heavy atom. The van der Waals surface area contributed by atoms with Crippen LogP contribution in [0.1, 0.15) is 58.2 Å². The molecule has 0 heterocycles. The first-order chi connectivity index (χ1) is 9.87. The van der Waals surface area contributed by atoms with Crippen LogP contribution in [0.5, 0.6) is 5.75 Å². The summed E-state index contributed by atoms with van der Waals surface area (Å²) in [5, 5.41) is 9.10. The molecule has 0 aliphatic heterocycles. The van der Waals surface area contributed by atoms with Crippen molar-refractivity contribution in [3.8, 4) is 5.75 Å². The normalized spacial score (nSPS) is 13.8. The number of hydrogen-bond acceptors (Lipinski definition) is 3. The highest BCUT2D eigenvalue weighted by Crippen LogP contribution is 2.38. The summed E-state index contributed by atoms with van der Waals surface area (Å²) in [6.07, 6.45) is 0.255. The second kappa shape index (κ2) is 6.29. The number of nitrogens with two attached hydrogens (primary N) is 1. The molecule has 22 heavy (non-hydrogen) atoms. The molecule has 124 valence electrons. The molecular weight excluding hydrogens is 278 g/mol. The van der Waals surface area contributed by atoms with E-state index in [0.717, 1.165) is 22.4 Å². The Balaban J connectivity index is 3.55. The molecule has 1 atom stereocenters. The summed E-state index contributed by atoms with van der Waals surface area (Å²) in [6.45, 7) is 12.8. The highest BCUT2D eigenvalue weighted by molar-refractivity contribution is 5.73. The van der Waals surface area contributed by atoms with E-state index in [2.05, 4.69) is 47.6 Å². The predicted octanol–water partition coefficient (Wildman–Crippen LogP) is 3.24. The lowest BCUT2D eigenvalue weighted by molar-refractivity contribution is -0.138. The van der Waals surface area contributed by atoms with Gasteiger partial charge in [0, 0.05) is 12.0 Å². The van der Waals surface area contributed by atoms with Gasteiger partial charge in [-0.25, -0.2) is 0 Å². The van der Waals surface area contributed by atoms with Gasteiger partial charge in [-0.3, -0.25) is 4.79 Å². The van der Waals surface area contributed by atoms with Crippen molar-refractivity contribution in [1.29, 1.82) is 0 Å². The van der Waals surface area contributed by atoms with Crippen LogP contribution in [0.25, 0.3) is 0 Å². The smallest absolute Gasteiger partial charge is 0.320 e. The van der Waals surface area contributed by atoms with E-state index in [1.54, 1.807) is 7.11 Å². The van der Waals surface area contributed by atoms with E-state index >= 15 is 0 Å².